The van der Waals surface area contributed by atoms with Gasteiger partial charge in [-0.15, -0.1) is 0 Å². The SMILES string of the molecule is CCS(=O)(=O)CCCC(NC)c1cc(F)c(Cl)cc1F. The minimum absolute atomic E-state index is 0.0410. The van der Waals surface area contributed by atoms with Crippen molar-refractivity contribution < 1.29 is 17.2 Å². The summed E-state index contributed by atoms with van der Waals surface area (Å²) in [6.07, 6.45) is 0.777. The topological polar surface area (TPSA) is 46.2 Å². The first-order valence-corrected chi connectivity index (χ1v) is 8.52. The van der Waals surface area contributed by atoms with Crippen molar-refractivity contribution in [1.29, 1.82) is 0 Å². The molecule has 0 aliphatic carbocycles. The largest absolute Gasteiger partial charge is 0.313 e. The summed E-state index contributed by atoms with van der Waals surface area (Å²) in [5.41, 5.74) is 0.156. The lowest BCUT2D eigenvalue weighted by Gasteiger charge is -2.17. The Morgan fingerprint density at radius 3 is 2.50 bits per heavy atom. The Morgan fingerprint density at radius 2 is 1.95 bits per heavy atom. The Balaban J connectivity index is 2.79. The quantitative estimate of drug-likeness (QED) is 0.784. The van der Waals surface area contributed by atoms with E-state index >= 15 is 0 Å². The first-order valence-electron chi connectivity index (χ1n) is 6.33. The summed E-state index contributed by atoms with van der Waals surface area (Å²) < 4.78 is 50.0. The number of benzene rings is 1. The highest BCUT2D eigenvalue weighted by Crippen LogP contribution is 2.26. The third kappa shape index (κ3) is 4.68. The number of sulfone groups is 1. The molecule has 114 valence electrons. The molecule has 0 fully saturated rings. The van der Waals surface area contributed by atoms with Crippen LogP contribution in [0.5, 0.6) is 0 Å². The van der Waals surface area contributed by atoms with Gasteiger partial charge in [0, 0.05) is 17.4 Å². The number of rotatable bonds is 7. The maximum atomic E-state index is 13.8. The van der Waals surface area contributed by atoms with Crippen LogP contribution in [0.25, 0.3) is 0 Å². The van der Waals surface area contributed by atoms with Gasteiger partial charge in [-0.25, -0.2) is 17.2 Å². The molecule has 1 unspecified atom stereocenters. The molecule has 3 nitrogen and oxygen atoms in total. The van der Waals surface area contributed by atoms with Gasteiger partial charge in [0.1, 0.15) is 21.5 Å². The van der Waals surface area contributed by atoms with Crippen molar-refractivity contribution in [2.45, 2.75) is 25.8 Å². The van der Waals surface area contributed by atoms with Crippen LogP contribution in [0.2, 0.25) is 5.02 Å². The van der Waals surface area contributed by atoms with E-state index in [1.54, 1.807) is 14.0 Å². The number of halogens is 3. The molecule has 0 aliphatic rings. The Morgan fingerprint density at radius 1 is 1.30 bits per heavy atom. The van der Waals surface area contributed by atoms with Gasteiger partial charge in [0.05, 0.1) is 10.8 Å². The van der Waals surface area contributed by atoms with Crippen LogP contribution in [0.4, 0.5) is 8.78 Å². The van der Waals surface area contributed by atoms with E-state index in [0.29, 0.717) is 12.8 Å². The standard InChI is InChI=1S/C13H18ClF2NO2S/c1-3-20(18,19)6-4-5-13(17-2)9-7-12(16)10(14)8-11(9)15/h7-8,13,17H,3-6H2,1-2H3. The average molecular weight is 326 g/mol. The smallest absolute Gasteiger partial charge is 0.150 e. The van der Waals surface area contributed by atoms with Crippen molar-refractivity contribution in [2.24, 2.45) is 0 Å². The molecule has 0 aromatic heterocycles. The lowest BCUT2D eigenvalue weighted by atomic mass is 10.0. The molecule has 0 aliphatic heterocycles. The molecule has 0 saturated heterocycles. The molecular formula is C13H18ClF2NO2S. The number of hydrogen-bond donors (Lipinski definition) is 1. The minimum Gasteiger partial charge on any atom is -0.313 e. The van der Waals surface area contributed by atoms with Crippen LogP contribution in [0.3, 0.4) is 0 Å². The molecule has 1 rings (SSSR count). The van der Waals surface area contributed by atoms with E-state index in [9.17, 15) is 17.2 Å². The molecular weight excluding hydrogens is 308 g/mol. The van der Waals surface area contributed by atoms with Gasteiger partial charge in [0.2, 0.25) is 0 Å². The highest BCUT2D eigenvalue weighted by molar-refractivity contribution is 7.91. The third-order valence-corrected chi connectivity index (χ3v) is 5.23. The Hall–Kier alpha value is -0.720. The predicted octanol–water partition coefficient (Wildman–Crippen LogP) is 3.09. The van der Waals surface area contributed by atoms with E-state index in [0.717, 1.165) is 12.1 Å². The maximum absolute atomic E-state index is 13.8. The molecule has 20 heavy (non-hydrogen) atoms. The van der Waals surface area contributed by atoms with Gasteiger partial charge in [-0.1, -0.05) is 18.5 Å². The molecule has 7 heteroatoms. The van der Waals surface area contributed by atoms with E-state index < -0.39 is 27.5 Å². The van der Waals surface area contributed by atoms with Crippen LogP contribution in [-0.2, 0) is 9.84 Å². The van der Waals surface area contributed by atoms with E-state index in [-0.39, 0.29) is 22.1 Å². The van der Waals surface area contributed by atoms with E-state index in [2.05, 4.69) is 5.32 Å². The Bertz CT molecular complexity index is 564. The van der Waals surface area contributed by atoms with E-state index in [1.807, 2.05) is 0 Å². The molecule has 1 atom stereocenters. The van der Waals surface area contributed by atoms with Crippen LogP contribution in [-0.4, -0.2) is 27.0 Å². The lowest BCUT2D eigenvalue weighted by Crippen LogP contribution is -2.19. The van der Waals surface area contributed by atoms with Crippen LogP contribution in [0.15, 0.2) is 12.1 Å². The first kappa shape index (κ1) is 17.3. The van der Waals surface area contributed by atoms with Crippen molar-refractivity contribution in [3.63, 3.8) is 0 Å². The summed E-state index contributed by atoms with van der Waals surface area (Å²) in [6, 6.07) is 1.53. The second kappa shape index (κ2) is 7.33. The number of nitrogens with one attached hydrogen (secondary N) is 1. The second-order valence-corrected chi connectivity index (χ2v) is 7.39. The zero-order chi connectivity index (χ0) is 15.3. The van der Waals surface area contributed by atoms with Crippen LogP contribution >= 0.6 is 11.6 Å². The van der Waals surface area contributed by atoms with E-state index in [1.165, 1.54) is 0 Å². The second-order valence-electron chi connectivity index (χ2n) is 4.51. The number of hydrogen-bond acceptors (Lipinski definition) is 3. The molecule has 0 bridgehead atoms. The molecule has 0 radical (unpaired) electrons. The van der Waals surface area contributed by atoms with Crippen molar-refractivity contribution in [1.82, 2.24) is 5.32 Å². The summed E-state index contributed by atoms with van der Waals surface area (Å²) in [5.74, 6) is -1.17. The van der Waals surface area contributed by atoms with Gasteiger partial charge in [0.25, 0.3) is 0 Å². The molecule has 0 saturated carbocycles. The predicted molar refractivity (Wildman–Crippen MR) is 76.7 cm³/mol. The fourth-order valence-corrected chi connectivity index (χ4v) is 2.96. The third-order valence-electron chi connectivity index (χ3n) is 3.15. The van der Waals surface area contributed by atoms with Crippen molar-refractivity contribution in [3.8, 4) is 0 Å². The fraction of sp³-hybridized carbons (Fsp3) is 0.538. The molecule has 0 spiro atoms. The molecule has 1 N–H and O–H groups in total. The monoisotopic (exact) mass is 325 g/mol. The normalized spacial score (nSPS) is 13.4. The first-order chi connectivity index (χ1) is 9.30. The maximum Gasteiger partial charge on any atom is 0.150 e. The van der Waals surface area contributed by atoms with Gasteiger partial charge >= 0.3 is 0 Å². The Kier molecular flexibility index (Phi) is 6.36. The summed E-state index contributed by atoms with van der Waals surface area (Å²) >= 11 is 5.50. The molecule has 1 aromatic rings. The summed E-state index contributed by atoms with van der Waals surface area (Å²) in [4.78, 5) is 0. The van der Waals surface area contributed by atoms with Crippen molar-refractivity contribution in [3.05, 3.63) is 34.4 Å². The van der Waals surface area contributed by atoms with Crippen LogP contribution < -0.4 is 5.32 Å². The molecule has 1 aromatic carbocycles. The highest BCUT2D eigenvalue weighted by Gasteiger charge is 2.18. The zero-order valence-electron chi connectivity index (χ0n) is 11.4. The lowest BCUT2D eigenvalue weighted by molar-refractivity contribution is 0.495. The van der Waals surface area contributed by atoms with Crippen molar-refractivity contribution >= 4 is 21.4 Å². The summed E-state index contributed by atoms with van der Waals surface area (Å²) in [5, 5.41) is 2.60. The molecule has 0 heterocycles. The zero-order valence-corrected chi connectivity index (χ0v) is 13.0. The minimum atomic E-state index is -3.05. The summed E-state index contributed by atoms with van der Waals surface area (Å²) in [6.45, 7) is 1.58. The van der Waals surface area contributed by atoms with E-state index in [4.69, 9.17) is 11.6 Å². The summed E-state index contributed by atoms with van der Waals surface area (Å²) in [7, 11) is -1.43. The van der Waals surface area contributed by atoms with Gasteiger partial charge in [-0.3, -0.25) is 0 Å². The average Bonchev–Trinajstić information content (AvgIpc) is 2.39. The van der Waals surface area contributed by atoms with Gasteiger partial charge < -0.3 is 5.32 Å². The van der Waals surface area contributed by atoms with Gasteiger partial charge in [-0.05, 0) is 32.0 Å². The van der Waals surface area contributed by atoms with Gasteiger partial charge in [-0.2, -0.15) is 0 Å². The van der Waals surface area contributed by atoms with Crippen molar-refractivity contribution in [2.75, 3.05) is 18.6 Å². The van der Waals surface area contributed by atoms with Crippen LogP contribution in [0, 0.1) is 11.6 Å². The van der Waals surface area contributed by atoms with Crippen LogP contribution in [0.1, 0.15) is 31.4 Å². The molecule has 0 amide bonds. The highest BCUT2D eigenvalue weighted by atomic mass is 35.5. The van der Waals surface area contributed by atoms with Gasteiger partial charge in [0.15, 0.2) is 0 Å². The Labute approximate surface area is 123 Å². The fourth-order valence-electron chi connectivity index (χ4n) is 1.91.